The second kappa shape index (κ2) is 7.29. The number of rotatable bonds is 4. The van der Waals surface area contributed by atoms with Gasteiger partial charge in [-0.05, 0) is 34.6 Å². The molecule has 126 valence electrons. The summed E-state index contributed by atoms with van der Waals surface area (Å²) in [6, 6.07) is 3.92. The molecule has 0 heterocycles. The molecule has 0 fully saturated rings. The zero-order chi connectivity index (χ0) is 17.8. The van der Waals surface area contributed by atoms with Crippen LogP contribution in [0.5, 0.6) is 5.75 Å². The van der Waals surface area contributed by atoms with Gasteiger partial charge in [0, 0.05) is 15.7 Å². The summed E-state index contributed by atoms with van der Waals surface area (Å²) in [6.45, 7) is 12.4. The minimum atomic E-state index is -2.62. The first-order valence-electron chi connectivity index (χ1n) is 7.47. The number of phenols is 1. The van der Waals surface area contributed by atoms with Crippen LogP contribution in [0.1, 0.15) is 58.2 Å². The van der Waals surface area contributed by atoms with Gasteiger partial charge in [-0.25, -0.2) is 4.52 Å². The lowest BCUT2D eigenvalue weighted by atomic mass is 9.78. The lowest BCUT2D eigenvalue weighted by Crippen LogP contribution is -2.17. The number of phenolic OH excluding ortho intramolecular Hbond substituents is 1. The highest BCUT2D eigenvalue weighted by Crippen LogP contribution is 2.39. The van der Waals surface area contributed by atoms with Gasteiger partial charge in [-0.2, -0.15) is 0 Å². The molecule has 0 amide bonds. The SMILES string of the molecule is CC(C)(C)c1cc(C=CC=CO[P+](=O)O)cc(C(C)(C)C)c1O. The summed E-state index contributed by atoms with van der Waals surface area (Å²) >= 11 is 0. The lowest BCUT2D eigenvalue weighted by molar-refractivity contribution is 0.378. The van der Waals surface area contributed by atoms with Crippen molar-refractivity contribution in [2.45, 2.75) is 52.4 Å². The molecule has 0 bridgehead atoms. The fourth-order valence-corrected chi connectivity index (χ4v) is 2.37. The quantitative estimate of drug-likeness (QED) is 0.451. The van der Waals surface area contributed by atoms with E-state index in [1.807, 2.05) is 18.2 Å². The normalized spacial score (nSPS) is 13.8. The van der Waals surface area contributed by atoms with Gasteiger partial charge < -0.3 is 5.11 Å². The third-order valence-corrected chi connectivity index (χ3v) is 3.68. The van der Waals surface area contributed by atoms with Crippen LogP contribution < -0.4 is 0 Å². The largest absolute Gasteiger partial charge is 0.746 e. The molecule has 0 aliphatic carbocycles. The summed E-state index contributed by atoms with van der Waals surface area (Å²) in [5, 5.41) is 10.6. The van der Waals surface area contributed by atoms with E-state index in [0.29, 0.717) is 5.75 Å². The Kier molecular flexibility index (Phi) is 6.15. The third kappa shape index (κ3) is 5.81. The predicted molar refractivity (Wildman–Crippen MR) is 94.6 cm³/mol. The van der Waals surface area contributed by atoms with Crippen LogP contribution >= 0.6 is 8.25 Å². The van der Waals surface area contributed by atoms with Crippen LogP contribution in [0, 0.1) is 0 Å². The van der Waals surface area contributed by atoms with Crippen LogP contribution in [-0.2, 0) is 19.9 Å². The van der Waals surface area contributed by atoms with E-state index in [2.05, 4.69) is 46.1 Å². The highest BCUT2D eigenvalue weighted by Gasteiger charge is 2.26. The Morgan fingerprint density at radius 3 is 1.87 bits per heavy atom. The van der Waals surface area contributed by atoms with Gasteiger partial charge in [-0.1, -0.05) is 53.7 Å². The molecule has 0 saturated heterocycles. The minimum absolute atomic E-state index is 0.178. The summed E-state index contributed by atoms with van der Waals surface area (Å²) in [4.78, 5) is 8.54. The molecule has 1 aromatic carbocycles. The fourth-order valence-electron chi connectivity index (χ4n) is 2.20. The maximum Gasteiger partial charge on any atom is 0.746 e. The second-order valence-corrected chi connectivity index (χ2v) is 8.18. The first-order valence-corrected chi connectivity index (χ1v) is 8.60. The summed E-state index contributed by atoms with van der Waals surface area (Å²) in [6.07, 6.45) is 6.31. The molecule has 0 aliphatic heterocycles. The van der Waals surface area contributed by atoms with Crippen molar-refractivity contribution in [1.29, 1.82) is 0 Å². The molecule has 1 aromatic rings. The van der Waals surface area contributed by atoms with Gasteiger partial charge in [0.25, 0.3) is 0 Å². The van der Waals surface area contributed by atoms with Crippen molar-refractivity contribution in [3.63, 3.8) is 0 Å². The number of benzene rings is 1. The first-order chi connectivity index (χ1) is 10.4. The molecule has 2 N–H and O–H groups in total. The van der Waals surface area contributed by atoms with E-state index in [1.165, 1.54) is 6.26 Å². The molecule has 23 heavy (non-hydrogen) atoms. The van der Waals surface area contributed by atoms with Crippen molar-refractivity contribution in [3.05, 3.63) is 47.2 Å². The maximum absolute atomic E-state index is 10.6. The molecule has 0 aromatic heterocycles. The van der Waals surface area contributed by atoms with Crippen LogP contribution in [-0.4, -0.2) is 10.00 Å². The van der Waals surface area contributed by atoms with Gasteiger partial charge in [-0.15, -0.1) is 4.89 Å². The third-order valence-electron chi connectivity index (χ3n) is 3.38. The molecule has 1 unspecified atom stereocenters. The molecule has 4 nitrogen and oxygen atoms in total. The second-order valence-electron chi connectivity index (χ2n) is 7.50. The first kappa shape index (κ1) is 19.4. The van der Waals surface area contributed by atoms with Gasteiger partial charge in [-0.3, -0.25) is 0 Å². The summed E-state index contributed by atoms with van der Waals surface area (Å²) in [5.41, 5.74) is 2.38. The smallest absolute Gasteiger partial charge is 0.507 e. The van der Waals surface area contributed by atoms with Gasteiger partial charge in [0.1, 0.15) is 5.75 Å². The number of allylic oxidation sites excluding steroid dienone is 2. The van der Waals surface area contributed by atoms with Crippen LogP contribution in [0.25, 0.3) is 6.08 Å². The van der Waals surface area contributed by atoms with Crippen LogP contribution in [0.3, 0.4) is 0 Å². The maximum atomic E-state index is 10.6. The van der Waals surface area contributed by atoms with Gasteiger partial charge >= 0.3 is 8.25 Å². The lowest BCUT2D eigenvalue weighted by Gasteiger charge is -2.27. The van der Waals surface area contributed by atoms with Gasteiger partial charge in [0.2, 0.25) is 0 Å². The monoisotopic (exact) mass is 337 g/mol. The summed E-state index contributed by atoms with van der Waals surface area (Å²) < 4.78 is 14.9. The zero-order valence-electron chi connectivity index (χ0n) is 14.6. The highest BCUT2D eigenvalue weighted by molar-refractivity contribution is 7.32. The van der Waals surface area contributed by atoms with Crippen molar-refractivity contribution in [1.82, 2.24) is 0 Å². The average Bonchev–Trinajstić information content (AvgIpc) is 2.36. The van der Waals surface area contributed by atoms with Gasteiger partial charge in [0.15, 0.2) is 6.26 Å². The Bertz CT molecular complexity index is 596. The Morgan fingerprint density at radius 1 is 1.00 bits per heavy atom. The van der Waals surface area contributed by atoms with Crippen LogP contribution in [0.4, 0.5) is 0 Å². The van der Waals surface area contributed by atoms with Crippen molar-refractivity contribution < 1.29 is 19.1 Å². The summed E-state index contributed by atoms with van der Waals surface area (Å²) in [5.74, 6) is 0.346. The Balaban J connectivity index is 3.26. The van der Waals surface area contributed by atoms with E-state index in [1.54, 1.807) is 12.2 Å². The highest BCUT2D eigenvalue weighted by atomic mass is 31.1. The Hall–Kier alpha value is -1.64. The fraction of sp³-hybridized carbons (Fsp3) is 0.444. The Morgan fingerprint density at radius 2 is 1.48 bits per heavy atom. The van der Waals surface area contributed by atoms with E-state index < -0.39 is 8.25 Å². The molecule has 5 heteroatoms. The molecular formula is C18H26O4P+. The number of aromatic hydroxyl groups is 1. The molecule has 1 rings (SSSR count). The molecule has 0 saturated carbocycles. The molecule has 0 radical (unpaired) electrons. The van der Waals surface area contributed by atoms with E-state index in [-0.39, 0.29) is 10.8 Å². The molecule has 0 spiro atoms. The van der Waals surface area contributed by atoms with Crippen LogP contribution in [0.15, 0.2) is 30.5 Å². The average molecular weight is 337 g/mol. The van der Waals surface area contributed by atoms with Crippen molar-refractivity contribution >= 4 is 14.3 Å². The Labute approximate surface area is 139 Å². The van der Waals surface area contributed by atoms with Crippen LogP contribution in [0.2, 0.25) is 0 Å². The van der Waals surface area contributed by atoms with E-state index in [4.69, 9.17) is 4.89 Å². The van der Waals surface area contributed by atoms with Crippen molar-refractivity contribution in [2.75, 3.05) is 0 Å². The van der Waals surface area contributed by atoms with Gasteiger partial charge in [0.05, 0.1) is 0 Å². The molecular weight excluding hydrogens is 311 g/mol. The zero-order valence-corrected chi connectivity index (χ0v) is 15.5. The predicted octanol–water partition coefficient (Wildman–Crippen LogP) is 5.18. The van der Waals surface area contributed by atoms with E-state index in [9.17, 15) is 9.67 Å². The number of hydrogen-bond donors (Lipinski definition) is 2. The van der Waals surface area contributed by atoms with E-state index >= 15 is 0 Å². The topological polar surface area (TPSA) is 66.8 Å². The van der Waals surface area contributed by atoms with Crippen molar-refractivity contribution in [3.8, 4) is 5.75 Å². The molecule has 0 aliphatic rings. The number of hydrogen-bond acceptors (Lipinski definition) is 3. The summed E-state index contributed by atoms with van der Waals surface area (Å²) in [7, 11) is -2.62. The minimum Gasteiger partial charge on any atom is -0.507 e. The van der Waals surface area contributed by atoms with Crippen molar-refractivity contribution in [2.24, 2.45) is 0 Å². The molecule has 1 atom stereocenters. The van der Waals surface area contributed by atoms with E-state index in [0.717, 1.165) is 16.7 Å². The standard InChI is InChI=1S/C18H25O4P/c1-17(2,3)14-11-13(9-7-8-10-22-23(20)21)12-15(16(14)19)18(4,5)6/h7-12H,1-6H3,(H-,19,20,21)/p+1.